The lowest BCUT2D eigenvalue weighted by Gasteiger charge is -2.28. The second kappa shape index (κ2) is 3.93. The first kappa shape index (κ1) is 10.0. The summed E-state index contributed by atoms with van der Waals surface area (Å²) in [5.41, 5.74) is 2.84. The largest absolute Gasteiger partial charge is 0.387 e. The maximum absolute atomic E-state index is 3.18. The molecule has 15 heavy (non-hydrogen) atoms. The fraction of sp³-hybridized carbons (Fsp3) is 0.286. The molecule has 1 aromatic rings. The Morgan fingerprint density at radius 1 is 1.13 bits per heavy atom. The number of benzene rings is 1. The summed E-state index contributed by atoms with van der Waals surface area (Å²) in [4.78, 5) is 0. The van der Waals surface area contributed by atoms with Crippen LogP contribution in [-0.4, -0.2) is 6.54 Å². The number of hydrogen-bond acceptors (Lipinski definition) is 1. The lowest BCUT2D eigenvalue weighted by molar-refractivity contribution is 0.631. The molecule has 0 aromatic heterocycles. The van der Waals surface area contributed by atoms with Gasteiger partial charge in [0.1, 0.15) is 0 Å². The van der Waals surface area contributed by atoms with E-state index in [0.717, 1.165) is 6.54 Å². The van der Waals surface area contributed by atoms with Crippen molar-refractivity contribution in [2.75, 3.05) is 6.54 Å². The normalized spacial score (nSPS) is 15.7. The van der Waals surface area contributed by atoms with Crippen LogP contribution in [0.3, 0.4) is 0 Å². The van der Waals surface area contributed by atoms with Crippen molar-refractivity contribution in [1.29, 1.82) is 0 Å². The SMILES string of the molecule is CC(C)(C1=CCNC=C1)c1ccccc1. The summed E-state index contributed by atoms with van der Waals surface area (Å²) in [5, 5.41) is 3.18. The second-order valence-corrected chi connectivity index (χ2v) is 4.39. The molecule has 0 fully saturated rings. The van der Waals surface area contributed by atoms with Gasteiger partial charge < -0.3 is 5.32 Å². The van der Waals surface area contributed by atoms with Gasteiger partial charge in [-0.25, -0.2) is 0 Å². The van der Waals surface area contributed by atoms with Gasteiger partial charge in [0.2, 0.25) is 0 Å². The lowest BCUT2D eigenvalue weighted by Crippen LogP contribution is -2.23. The molecule has 0 aliphatic carbocycles. The third-order valence-corrected chi connectivity index (χ3v) is 3.04. The van der Waals surface area contributed by atoms with Crippen molar-refractivity contribution in [2.24, 2.45) is 0 Å². The van der Waals surface area contributed by atoms with Crippen LogP contribution in [0.1, 0.15) is 19.4 Å². The van der Waals surface area contributed by atoms with E-state index in [1.54, 1.807) is 0 Å². The molecule has 1 heterocycles. The van der Waals surface area contributed by atoms with Crippen LogP contribution in [0.4, 0.5) is 0 Å². The topological polar surface area (TPSA) is 12.0 Å². The van der Waals surface area contributed by atoms with Gasteiger partial charge in [0.15, 0.2) is 0 Å². The Morgan fingerprint density at radius 2 is 1.87 bits per heavy atom. The van der Waals surface area contributed by atoms with Crippen LogP contribution >= 0.6 is 0 Å². The summed E-state index contributed by atoms with van der Waals surface area (Å²) in [7, 11) is 0. The van der Waals surface area contributed by atoms with Gasteiger partial charge in [0.05, 0.1) is 0 Å². The Morgan fingerprint density at radius 3 is 2.47 bits per heavy atom. The Bertz CT molecular complexity index is 385. The van der Waals surface area contributed by atoms with E-state index >= 15 is 0 Å². The Kier molecular flexibility index (Phi) is 2.63. The number of nitrogens with one attached hydrogen (secondary N) is 1. The molecular weight excluding hydrogens is 182 g/mol. The summed E-state index contributed by atoms with van der Waals surface area (Å²) in [6, 6.07) is 10.6. The molecule has 2 rings (SSSR count). The maximum atomic E-state index is 3.18. The molecule has 0 spiro atoms. The van der Waals surface area contributed by atoms with Gasteiger partial charge in [0, 0.05) is 12.0 Å². The zero-order valence-electron chi connectivity index (χ0n) is 9.33. The van der Waals surface area contributed by atoms with E-state index in [0.29, 0.717) is 0 Å². The van der Waals surface area contributed by atoms with Crippen molar-refractivity contribution < 1.29 is 0 Å². The summed E-state index contributed by atoms with van der Waals surface area (Å²) in [6.45, 7) is 5.47. The van der Waals surface area contributed by atoms with Crippen molar-refractivity contribution in [3.05, 3.63) is 59.8 Å². The van der Waals surface area contributed by atoms with Gasteiger partial charge in [-0.3, -0.25) is 0 Å². The molecule has 1 nitrogen and oxygen atoms in total. The minimum atomic E-state index is 0.0971. The molecule has 0 bridgehead atoms. The quantitative estimate of drug-likeness (QED) is 0.772. The van der Waals surface area contributed by atoms with Crippen molar-refractivity contribution in [3.8, 4) is 0 Å². The smallest absolute Gasteiger partial charge is 0.0331 e. The molecule has 0 atom stereocenters. The second-order valence-electron chi connectivity index (χ2n) is 4.39. The highest BCUT2D eigenvalue weighted by molar-refractivity contribution is 5.41. The molecule has 1 N–H and O–H groups in total. The highest BCUT2D eigenvalue weighted by Gasteiger charge is 2.24. The van der Waals surface area contributed by atoms with Crippen LogP contribution in [0.5, 0.6) is 0 Å². The van der Waals surface area contributed by atoms with Gasteiger partial charge in [-0.1, -0.05) is 50.3 Å². The van der Waals surface area contributed by atoms with E-state index in [2.05, 4.69) is 61.6 Å². The third kappa shape index (κ3) is 1.96. The Labute approximate surface area is 91.5 Å². The molecule has 1 aliphatic rings. The van der Waals surface area contributed by atoms with Gasteiger partial charge in [-0.15, -0.1) is 0 Å². The lowest BCUT2D eigenvalue weighted by atomic mass is 9.77. The first-order valence-electron chi connectivity index (χ1n) is 5.37. The highest BCUT2D eigenvalue weighted by Crippen LogP contribution is 2.32. The zero-order chi connectivity index (χ0) is 10.7. The van der Waals surface area contributed by atoms with Gasteiger partial charge >= 0.3 is 0 Å². The van der Waals surface area contributed by atoms with Crippen LogP contribution in [0.25, 0.3) is 0 Å². The van der Waals surface area contributed by atoms with E-state index < -0.39 is 0 Å². The monoisotopic (exact) mass is 199 g/mol. The summed E-state index contributed by atoms with van der Waals surface area (Å²) < 4.78 is 0. The number of dihydropyridines is 1. The van der Waals surface area contributed by atoms with E-state index in [1.165, 1.54) is 11.1 Å². The fourth-order valence-corrected chi connectivity index (χ4v) is 1.94. The number of rotatable bonds is 2. The third-order valence-electron chi connectivity index (χ3n) is 3.04. The zero-order valence-corrected chi connectivity index (χ0v) is 9.33. The van der Waals surface area contributed by atoms with Crippen molar-refractivity contribution in [1.82, 2.24) is 5.32 Å². The van der Waals surface area contributed by atoms with E-state index in [1.807, 2.05) is 6.20 Å². The van der Waals surface area contributed by atoms with Crippen LogP contribution < -0.4 is 5.32 Å². The molecule has 0 amide bonds. The Hall–Kier alpha value is -1.50. The van der Waals surface area contributed by atoms with Crippen LogP contribution in [0.15, 0.2) is 54.3 Å². The van der Waals surface area contributed by atoms with Gasteiger partial charge in [-0.05, 0) is 23.4 Å². The summed E-state index contributed by atoms with van der Waals surface area (Å²) >= 11 is 0. The molecule has 0 radical (unpaired) electrons. The summed E-state index contributed by atoms with van der Waals surface area (Å²) in [5.74, 6) is 0. The molecule has 78 valence electrons. The molecule has 1 aromatic carbocycles. The maximum Gasteiger partial charge on any atom is 0.0331 e. The molecule has 0 unspecified atom stereocenters. The van der Waals surface area contributed by atoms with Gasteiger partial charge in [-0.2, -0.15) is 0 Å². The van der Waals surface area contributed by atoms with Crippen molar-refractivity contribution in [2.45, 2.75) is 19.3 Å². The predicted octanol–water partition coefficient (Wildman–Crippen LogP) is 3.01. The van der Waals surface area contributed by atoms with E-state index in [4.69, 9.17) is 0 Å². The summed E-state index contributed by atoms with van der Waals surface area (Å²) in [6.07, 6.45) is 6.45. The van der Waals surface area contributed by atoms with Crippen molar-refractivity contribution in [3.63, 3.8) is 0 Å². The first-order valence-corrected chi connectivity index (χ1v) is 5.37. The van der Waals surface area contributed by atoms with Crippen LogP contribution in [0, 0.1) is 0 Å². The van der Waals surface area contributed by atoms with Crippen LogP contribution in [-0.2, 0) is 5.41 Å². The Balaban J connectivity index is 2.34. The minimum absolute atomic E-state index is 0.0971. The number of allylic oxidation sites excluding steroid dienone is 2. The van der Waals surface area contributed by atoms with Crippen LogP contribution in [0.2, 0.25) is 0 Å². The average molecular weight is 199 g/mol. The molecule has 0 saturated heterocycles. The predicted molar refractivity (Wildman–Crippen MR) is 64.7 cm³/mol. The molecule has 0 saturated carbocycles. The fourth-order valence-electron chi connectivity index (χ4n) is 1.94. The standard InChI is InChI=1S/C14H17N/c1-14(2,12-6-4-3-5-7-12)13-8-10-15-11-9-13/h3-10,15H,11H2,1-2H3. The molecule has 1 heteroatoms. The minimum Gasteiger partial charge on any atom is -0.387 e. The molecule has 1 aliphatic heterocycles. The van der Waals surface area contributed by atoms with Crippen molar-refractivity contribution >= 4 is 0 Å². The number of hydrogen-bond donors (Lipinski definition) is 1. The first-order chi connectivity index (χ1) is 7.21. The van der Waals surface area contributed by atoms with E-state index in [9.17, 15) is 0 Å². The van der Waals surface area contributed by atoms with E-state index in [-0.39, 0.29) is 5.41 Å². The average Bonchev–Trinajstić information content (AvgIpc) is 2.31. The van der Waals surface area contributed by atoms with Gasteiger partial charge in [0.25, 0.3) is 0 Å². The molecular formula is C14H17N. The highest BCUT2D eigenvalue weighted by atomic mass is 14.8.